The molecule has 21 heavy (non-hydrogen) atoms. The Bertz CT molecular complexity index is 524. The van der Waals surface area contributed by atoms with Gasteiger partial charge in [-0.15, -0.1) is 0 Å². The SMILES string of the molecule is c1ccc(CNCC2CCCN2Cc2ccccc2)cc1. The summed E-state index contributed by atoms with van der Waals surface area (Å²) in [5.74, 6) is 0. The molecular weight excluding hydrogens is 256 g/mol. The highest BCUT2D eigenvalue weighted by Crippen LogP contribution is 2.19. The van der Waals surface area contributed by atoms with Gasteiger partial charge >= 0.3 is 0 Å². The highest BCUT2D eigenvalue weighted by Gasteiger charge is 2.23. The molecule has 1 fully saturated rings. The standard InChI is InChI=1S/C19H24N2/c1-3-8-17(9-4-1)14-20-15-19-12-7-13-21(19)16-18-10-5-2-6-11-18/h1-6,8-11,19-20H,7,12-16H2. The van der Waals surface area contributed by atoms with Gasteiger partial charge in [0.1, 0.15) is 0 Å². The van der Waals surface area contributed by atoms with Gasteiger partial charge in [0.25, 0.3) is 0 Å². The van der Waals surface area contributed by atoms with Gasteiger partial charge in [0.05, 0.1) is 0 Å². The first-order chi connectivity index (χ1) is 10.4. The van der Waals surface area contributed by atoms with E-state index in [0.29, 0.717) is 6.04 Å². The van der Waals surface area contributed by atoms with Gasteiger partial charge in [-0.05, 0) is 30.5 Å². The van der Waals surface area contributed by atoms with Crippen LogP contribution in [0.3, 0.4) is 0 Å². The average Bonchev–Trinajstić information content (AvgIpc) is 2.97. The largest absolute Gasteiger partial charge is 0.311 e. The summed E-state index contributed by atoms with van der Waals surface area (Å²) in [7, 11) is 0. The van der Waals surface area contributed by atoms with E-state index in [1.54, 1.807) is 0 Å². The van der Waals surface area contributed by atoms with Crippen LogP contribution in [0.5, 0.6) is 0 Å². The van der Waals surface area contributed by atoms with E-state index in [1.807, 2.05) is 0 Å². The third-order valence-corrected chi connectivity index (χ3v) is 4.28. The molecule has 2 heteroatoms. The average molecular weight is 280 g/mol. The van der Waals surface area contributed by atoms with Crippen molar-refractivity contribution in [1.29, 1.82) is 0 Å². The summed E-state index contributed by atoms with van der Waals surface area (Å²) in [5, 5.41) is 3.62. The lowest BCUT2D eigenvalue weighted by atomic mass is 10.1. The van der Waals surface area contributed by atoms with Gasteiger partial charge in [-0.2, -0.15) is 0 Å². The maximum absolute atomic E-state index is 3.62. The molecule has 1 unspecified atom stereocenters. The summed E-state index contributed by atoms with van der Waals surface area (Å²) >= 11 is 0. The zero-order valence-electron chi connectivity index (χ0n) is 12.5. The molecule has 1 aliphatic rings. The highest BCUT2D eigenvalue weighted by atomic mass is 15.2. The van der Waals surface area contributed by atoms with Crippen LogP contribution in [0.1, 0.15) is 24.0 Å². The molecule has 0 saturated carbocycles. The van der Waals surface area contributed by atoms with Gasteiger partial charge in [0.2, 0.25) is 0 Å². The predicted octanol–water partition coefficient (Wildman–Crippen LogP) is 3.44. The number of rotatable bonds is 6. The molecule has 1 N–H and O–H groups in total. The molecular formula is C19H24N2. The van der Waals surface area contributed by atoms with Crippen molar-refractivity contribution in [3.63, 3.8) is 0 Å². The fraction of sp³-hybridized carbons (Fsp3) is 0.368. The Labute approximate surface area is 127 Å². The summed E-state index contributed by atoms with van der Waals surface area (Å²) in [6, 6.07) is 22.1. The van der Waals surface area contributed by atoms with Gasteiger partial charge in [-0.25, -0.2) is 0 Å². The van der Waals surface area contributed by atoms with E-state index in [0.717, 1.165) is 19.6 Å². The van der Waals surface area contributed by atoms with Crippen molar-refractivity contribution >= 4 is 0 Å². The Morgan fingerprint density at radius 1 is 0.905 bits per heavy atom. The van der Waals surface area contributed by atoms with Crippen LogP contribution in [-0.4, -0.2) is 24.0 Å². The maximum atomic E-state index is 3.62. The van der Waals surface area contributed by atoms with Crippen LogP contribution in [0.25, 0.3) is 0 Å². The third kappa shape index (κ3) is 4.16. The lowest BCUT2D eigenvalue weighted by Crippen LogP contribution is -2.37. The maximum Gasteiger partial charge on any atom is 0.0237 e. The predicted molar refractivity (Wildman–Crippen MR) is 88.0 cm³/mol. The Morgan fingerprint density at radius 2 is 1.57 bits per heavy atom. The minimum Gasteiger partial charge on any atom is -0.311 e. The third-order valence-electron chi connectivity index (χ3n) is 4.28. The zero-order valence-corrected chi connectivity index (χ0v) is 12.5. The second kappa shape index (κ2) is 7.39. The summed E-state index contributed by atoms with van der Waals surface area (Å²) < 4.78 is 0. The van der Waals surface area contributed by atoms with Crippen molar-refractivity contribution in [2.45, 2.75) is 32.0 Å². The molecule has 0 aliphatic carbocycles. The second-order valence-electron chi connectivity index (χ2n) is 5.87. The van der Waals surface area contributed by atoms with Crippen LogP contribution >= 0.6 is 0 Å². The van der Waals surface area contributed by atoms with E-state index in [1.165, 1.54) is 30.5 Å². The summed E-state index contributed by atoms with van der Waals surface area (Å²) in [4.78, 5) is 2.62. The lowest BCUT2D eigenvalue weighted by Gasteiger charge is -2.25. The molecule has 1 heterocycles. The number of nitrogens with one attached hydrogen (secondary N) is 1. The first-order valence-corrected chi connectivity index (χ1v) is 7.94. The van der Waals surface area contributed by atoms with Crippen molar-refractivity contribution in [3.8, 4) is 0 Å². The first-order valence-electron chi connectivity index (χ1n) is 7.94. The Morgan fingerprint density at radius 3 is 2.29 bits per heavy atom. The number of hydrogen-bond donors (Lipinski definition) is 1. The molecule has 2 aromatic rings. The molecule has 3 rings (SSSR count). The molecule has 0 radical (unpaired) electrons. The second-order valence-corrected chi connectivity index (χ2v) is 5.87. The number of benzene rings is 2. The molecule has 2 aromatic carbocycles. The summed E-state index contributed by atoms with van der Waals surface area (Å²) in [5.41, 5.74) is 2.79. The highest BCUT2D eigenvalue weighted by molar-refractivity contribution is 5.15. The van der Waals surface area contributed by atoms with E-state index < -0.39 is 0 Å². The van der Waals surface area contributed by atoms with Gasteiger partial charge in [-0.1, -0.05) is 60.7 Å². The van der Waals surface area contributed by atoms with E-state index in [2.05, 4.69) is 70.9 Å². The van der Waals surface area contributed by atoms with E-state index in [4.69, 9.17) is 0 Å². The van der Waals surface area contributed by atoms with Crippen LogP contribution < -0.4 is 5.32 Å². The lowest BCUT2D eigenvalue weighted by molar-refractivity contribution is 0.239. The Hall–Kier alpha value is -1.64. The molecule has 0 amide bonds. The van der Waals surface area contributed by atoms with Gasteiger partial charge in [0.15, 0.2) is 0 Å². The molecule has 0 bridgehead atoms. The van der Waals surface area contributed by atoms with Crippen LogP contribution in [0, 0.1) is 0 Å². The monoisotopic (exact) mass is 280 g/mol. The Kier molecular flexibility index (Phi) is 5.03. The minimum absolute atomic E-state index is 0.675. The Balaban J connectivity index is 1.48. The number of hydrogen-bond acceptors (Lipinski definition) is 2. The fourth-order valence-corrected chi connectivity index (χ4v) is 3.13. The van der Waals surface area contributed by atoms with Gasteiger partial charge < -0.3 is 5.32 Å². The van der Waals surface area contributed by atoms with Crippen molar-refractivity contribution in [2.75, 3.05) is 13.1 Å². The molecule has 0 aromatic heterocycles. The van der Waals surface area contributed by atoms with E-state index in [-0.39, 0.29) is 0 Å². The first kappa shape index (κ1) is 14.3. The van der Waals surface area contributed by atoms with Crippen LogP contribution in [-0.2, 0) is 13.1 Å². The van der Waals surface area contributed by atoms with E-state index in [9.17, 15) is 0 Å². The smallest absolute Gasteiger partial charge is 0.0237 e. The number of nitrogens with zero attached hydrogens (tertiary/aromatic N) is 1. The summed E-state index contributed by atoms with van der Waals surface area (Å²) in [6.07, 6.45) is 2.64. The van der Waals surface area contributed by atoms with Crippen molar-refractivity contribution in [3.05, 3.63) is 71.8 Å². The summed E-state index contributed by atoms with van der Waals surface area (Å²) in [6.45, 7) is 4.36. The van der Waals surface area contributed by atoms with Crippen LogP contribution in [0.2, 0.25) is 0 Å². The topological polar surface area (TPSA) is 15.3 Å². The van der Waals surface area contributed by atoms with Crippen LogP contribution in [0.4, 0.5) is 0 Å². The zero-order chi connectivity index (χ0) is 14.3. The molecule has 2 nitrogen and oxygen atoms in total. The van der Waals surface area contributed by atoms with Gasteiger partial charge in [0, 0.05) is 25.7 Å². The molecule has 1 atom stereocenters. The molecule has 1 saturated heterocycles. The molecule has 1 aliphatic heterocycles. The van der Waals surface area contributed by atoms with Crippen LogP contribution in [0.15, 0.2) is 60.7 Å². The van der Waals surface area contributed by atoms with E-state index >= 15 is 0 Å². The number of likely N-dealkylation sites (tertiary alicyclic amines) is 1. The van der Waals surface area contributed by atoms with Crippen molar-refractivity contribution in [1.82, 2.24) is 10.2 Å². The normalized spacial score (nSPS) is 19.0. The molecule has 0 spiro atoms. The quantitative estimate of drug-likeness (QED) is 0.872. The van der Waals surface area contributed by atoms with Crippen molar-refractivity contribution < 1.29 is 0 Å². The van der Waals surface area contributed by atoms with Crippen molar-refractivity contribution in [2.24, 2.45) is 0 Å². The minimum atomic E-state index is 0.675. The van der Waals surface area contributed by atoms with Gasteiger partial charge in [-0.3, -0.25) is 4.90 Å². The molecule has 110 valence electrons. The fourth-order valence-electron chi connectivity index (χ4n) is 3.13.